The van der Waals surface area contributed by atoms with Gasteiger partial charge in [0.2, 0.25) is 10.0 Å². The Balaban J connectivity index is 1.83. The van der Waals surface area contributed by atoms with E-state index >= 15 is 0 Å². The van der Waals surface area contributed by atoms with Crippen LogP contribution in [0.25, 0.3) is 0 Å². The highest BCUT2D eigenvalue weighted by molar-refractivity contribution is 7.92. The van der Waals surface area contributed by atoms with E-state index < -0.39 is 16.0 Å². The van der Waals surface area contributed by atoms with Crippen molar-refractivity contribution in [3.63, 3.8) is 0 Å². The summed E-state index contributed by atoms with van der Waals surface area (Å²) in [6.45, 7) is 0. The second-order valence-electron chi connectivity index (χ2n) is 6.31. The highest BCUT2D eigenvalue weighted by atomic mass is 32.2. The molecule has 1 aliphatic carbocycles. The van der Waals surface area contributed by atoms with Crippen molar-refractivity contribution in [1.29, 1.82) is 0 Å². The number of esters is 1. The Bertz CT molecular complexity index is 978. The summed E-state index contributed by atoms with van der Waals surface area (Å²) in [5, 5.41) is 3.30. The van der Waals surface area contributed by atoms with Gasteiger partial charge in [-0.2, -0.15) is 0 Å². The predicted octanol–water partition coefficient (Wildman–Crippen LogP) is 3.04. The number of rotatable bonds is 5. The Morgan fingerprint density at radius 2 is 1.78 bits per heavy atom. The molecule has 0 fully saturated rings. The molecular formula is C18H20N2O5S2. The lowest BCUT2D eigenvalue weighted by atomic mass is 9.95. The van der Waals surface area contributed by atoms with Gasteiger partial charge in [-0.3, -0.25) is 9.52 Å². The van der Waals surface area contributed by atoms with Gasteiger partial charge in [-0.1, -0.05) is 0 Å². The third-order valence-electron chi connectivity index (χ3n) is 4.24. The summed E-state index contributed by atoms with van der Waals surface area (Å²) in [6.07, 6.45) is 4.83. The van der Waals surface area contributed by atoms with Crippen LogP contribution in [-0.2, 0) is 27.6 Å². The molecular weight excluding hydrogens is 388 g/mol. The van der Waals surface area contributed by atoms with Crippen molar-refractivity contribution in [3.8, 4) is 0 Å². The maximum absolute atomic E-state index is 12.6. The third-order valence-corrected chi connectivity index (χ3v) is 6.05. The number of anilines is 2. The summed E-state index contributed by atoms with van der Waals surface area (Å²) < 4.78 is 29.8. The Hall–Kier alpha value is -2.39. The zero-order valence-electron chi connectivity index (χ0n) is 15.0. The number of ether oxygens (including phenoxy) is 1. The number of nitrogens with one attached hydrogen (secondary N) is 2. The van der Waals surface area contributed by atoms with E-state index in [0.717, 1.165) is 42.4 Å². The molecule has 2 N–H and O–H groups in total. The largest absolute Gasteiger partial charge is 0.465 e. The number of amides is 1. The molecule has 144 valence electrons. The number of benzene rings is 1. The van der Waals surface area contributed by atoms with Crippen LogP contribution in [0.15, 0.2) is 24.3 Å². The van der Waals surface area contributed by atoms with Crippen molar-refractivity contribution >= 4 is 43.9 Å². The Labute approximate surface area is 161 Å². The van der Waals surface area contributed by atoms with Gasteiger partial charge >= 0.3 is 5.97 Å². The summed E-state index contributed by atoms with van der Waals surface area (Å²) in [7, 11) is -2.05. The first-order chi connectivity index (χ1) is 12.8. The van der Waals surface area contributed by atoms with Gasteiger partial charge in [0.25, 0.3) is 5.91 Å². The van der Waals surface area contributed by atoms with Gasteiger partial charge in [-0.05, 0) is 55.5 Å². The Morgan fingerprint density at radius 1 is 1.11 bits per heavy atom. The van der Waals surface area contributed by atoms with Crippen LogP contribution in [-0.4, -0.2) is 33.7 Å². The number of carbonyl (C=O) groups is 2. The quantitative estimate of drug-likeness (QED) is 0.741. The fraction of sp³-hybridized carbons (Fsp3) is 0.333. The molecule has 1 amide bonds. The van der Waals surface area contributed by atoms with E-state index in [1.54, 1.807) is 0 Å². The normalized spacial score (nSPS) is 13.6. The molecule has 1 aromatic carbocycles. The minimum Gasteiger partial charge on any atom is -0.465 e. The molecule has 9 heteroatoms. The van der Waals surface area contributed by atoms with Crippen molar-refractivity contribution in [2.24, 2.45) is 0 Å². The lowest BCUT2D eigenvalue weighted by Crippen LogP contribution is -2.15. The highest BCUT2D eigenvalue weighted by Gasteiger charge is 2.27. The zero-order valence-corrected chi connectivity index (χ0v) is 16.6. The molecule has 0 aliphatic heterocycles. The Morgan fingerprint density at radius 3 is 2.41 bits per heavy atom. The number of sulfonamides is 1. The van der Waals surface area contributed by atoms with Crippen LogP contribution in [0.1, 0.15) is 44.0 Å². The fourth-order valence-electron chi connectivity index (χ4n) is 3.05. The van der Waals surface area contributed by atoms with Gasteiger partial charge in [-0.15, -0.1) is 11.3 Å². The summed E-state index contributed by atoms with van der Waals surface area (Å²) in [5.74, 6) is -0.818. The molecule has 0 unspecified atom stereocenters. The summed E-state index contributed by atoms with van der Waals surface area (Å²) in [5.41, 5.74) is 2.15. The number of methoxy groups -OCH3 is 1. The average molecular weight is 409 g/mol. The smallest absolute Gasteiger partial charge is 0.341 e. The molecule has 1 aromatic heterocycles. The molecule has 2 aromatic rings. The van der Waals surface area contributed by atoms with Crippen molar-refractivity contribution in [2.45, 2.75) is 25.7 Å². The van der Waals surface area contributed by atoms with E-state index in [-0.39, 0.29) is 5.91 Å². The molecule has 1 aliphatic rings. The van der Waals surface area contributed by atoms with E-state index in [0.29, 0.717) is 21.8 Å². The number of hydrogen-bond acceptors (Lipinski definition) is 6. The standard InChI is InChI=1S/C18H20N2O5S2/c1-25-18(22)15-13-5-3-4-6-14(13)26-17(15)19-16(21)11-7-9-12(10-8-11)20-27(2,23)24/h7-10,20H,3-6H2,1-2H3,(H,19,21). The molecule has 27 heavy (non-hydrogen) atoms. The molecule has 0 spiro atoms. The van der Waals surface area contributed by atoms with Crippen molar-refractivity contribution in [3.05, 3.63) is 45.8 Å². The van der Waals surface area contributed by atoms with Gasteiger partial charge < -0.3 is 10.1 Å². The first kappa shape index (κ1) is 19.4. The summed E-state index contributed by atoms with van der Waals surface area (Å²) in [6, 6.07) is 6.07. The molecule has 0 radical (unpaired) electrons. The second kappa shape index (κ2) is 7.69. The molecule has 1 heterocycles. The summed E-state index contributed by atoms with van der Waals surface area (Å²) >= 11 is 1.42. The lowest BCUT2D eigenvalue weighted by molar-refractivity contribution is 0.0601. The monoisotopic (exact) mass is 408 g/mol. The molecule has 0 atom stereocenters. The zero-order chi connectivity index (χ0) is 19.6. The maximum Gasteiger partial charge on any atom is 0.341 e. The van der Waals surface area contributed by atoms with Gasteiger partial charge in [-0.25, -0.2) is 13.2 Å². The van der Waals surface area contributed by atoms with Crippen LogP contribution < -0.4 is 10.0 Å². The lowest BCUT2D eigenvalue weighted by Gasteiger charge is -2.11. The van der Waals surface area contributed by atoms with Crippen LogP contribution in [0.4, 0.5) is 10.7 Å². The maximum atomic E-state index is 12.6. The molecule has 0 saturated heterocycles. The van der Waals surface area contributed by atoms with Gasteiger partial charge in [0.15, 0.2) is 0 Å². The second-order valence-corrected chi connectivity index (χ2v) is 9.17. The molecule has 0 saturated carbocycles. The molecule has 7 nitrogen and oxygen atoms in total. The van der Waals surface area contributed by atoms with E-state index in [4.69, 9.17) is 4.74 Å². The number of aryl methyl sites for hydroxylation is 1. The van der Waals surface area contributed by atoms with Crippen molar-refractivity contribution in [2.75, 3.05) is 23.4 Å². The summed E-state index contributed by atoms with van der Waals surface area (Å²) in [4.78, 5) is 25.9. The van der Waals surface area contributed by atoms with Crippen LogP contribution >= 0.6 is 11.3 Å². The fourth-order valence-corrected chi connectivity index (χ4v) is 4.89. The Kier molecular flexibility index (Phi) is 5.52. The molecule has 3 rings (SSSR count). The van der Waals surface area contributed by atoms with Crippen molar-refractivity contribution in [1.82, 2.24) is 0 Å². The number of hydrogen-bond donors (Lipinski definition) is 2. The van der Waals surface area contributed by atoms with Crippen LogP contribution in [0.2, 0.25) is 0 Å². The minimum atomic E-state index is -3.38. The van der Waals surface area contributed by atoms with E-state index in [1.807, 2.05) is 0 Å². The van der Waals surface area contributed by atoms with E-state index in [2.05, 4.69) is 10.0 Å². The van der Waals surface area contributed by atoms with Crippen LogP contribution in [0, 0.1) is 0 Å². The van der Waals surface area contributed by atoms with Gasteiger partial charge in [0.05, 0.1) is 18.9 Å². The van der Waals surface area contributed by atoms with Gasteiger partial charge in [0, 0.05) is 16.1 Å². The predicted molar refractivity (Wildman–Crippen MR) is 105 cm³/mol. The molecule has 0 bridgehead atoms. The number of fused-ring (bicyclic) bond motifs is 1. The minimum absolute atomic E-state index is 0.358. The average Bonchev–Trinajstić information content (AvgIpc) is 2.98. The SMILES string of the molecule is COC(=O)c1c(NC(=O)c2ccc(NS(C)(=O)=O)cc2)sc2c1CCCC2. The topological polar surface area (TPSA) is 102 Å². The van der Waals surface area contributed by atoms with Crippen molar-refractivity contribution < 1.29 is 22.7 Å². The first-order valence-corrected chi connectivity index (χ1v) is 11.1. The number of thiophene rings is 1. The first-order valence-electron chi connectivity index (χ1n) is 8.40. The van der Waals surface area contributed by atoms with E-state index in [9.17, 15) is 18.0 Å². The third kappa shape index (κ3) is 4.48. The van der Waals surface area contributed by atoms with Crippen LogP contribution in [0.5, 0.6) is 0 Å². The van der Waals surface area contributed by atoms with E-state index in [1.165, 1.54) is 42.7 Å². The number of carbonyl (C=O) groups excluding carboxylic acids is 2. The van der Waals surface area contributed by atoms with Crippen LogP contribution in [0.3, 0.4) is 0 Å². The highest BCUT2D eigenvalue weighted by Crippen LogP contribution is 2.38. The van der Waals surface area contributed by atoms with Gasteiger partial charge in [0.1, 0.15) is 5.00 Å².